The van der Waals surface area contributed by atoms with Gasteiger partial charge in [0.2, 0.25) is 0 Å². The zero-order chi connectivity index (χ0) is 20.1. The van der Waals surface area contributed by atoms with Crippen LogP contribution in [-0.2, 0) is 0 Å². The van der Waals surface area contributed by atoms with E-state index in [0.717, 1.165) is 0 Å². The van der Waals surface area contributed by atoms with Crippen molar-refractivity contribution in [3.8, 4) is 0 Å². The van der Waals surface area contributed by atoms with E-state index in [9.17, 15) is 0 Å². The lowest BCUT2D eigenvalue weighted by Crippen LogP contribution is -2.13. The summed E-state index contributed by atoms with van der Waals surface area (Å²) in [6.45, 7) is 9.40. The highest BCUT2D eigenvalue weighted by Gasteiger charge is 2.34. The monoisotopic (exact) mass is 399 g/mol. The minimum atomic E-state index is -0.674. The second kappa shape index (κ2) is 21.1. The van der Waals surface area contributed by atoms with Crippen molar-refractivity contribution in [2.24, 2.45) is 0 Å². The summed E-state index contributed by atoms with van der Waals surface area (Å²) >= 11 is 0. The van der Waals surface area contributed by atoms with Crippen molar-refractivity contribution in [1.82, 2.24) is 0 Å². The molecule has 0 aliphatic heterocycles. The van der Waals surface area contributed by atoms with Crippen molar-refractivity contribution in [2.75, 3.05) is 24.6 Å². The van der Waals surface area contributed by atoms with Gasteiger partial charge in [0, 0.05) is 7.26 Å². The highest BCUT2D eigenvalue weighted by Crippen LogP contribution is 2.61. The lowest BCUT2D eigenvalue weighted by atomic mass is 10.2. The molecule has 0 fully saturated rings. The van der Waals surface area contributed by atoms with Crippen LogP contribution in [0.1, 0.15) is 143 Å². The molecule has 0 aromatic rings. The van der Waals surface area contributed by atoms with E-state index in [1.165, 1.54) is 89.9 Å². The molecule has 0 aromatic heterocycles. The Morgan fingerprint density at radius 3 is 0.778 bits per heavy atom. The molecule has 0 aromatic carbocycles. The van der Waals surface area contributed by atoms with E-state index in [0.29, 0.717) is 0 Å². The van der Waals surface area contributed by atoms with E-state index in [4.69, 9.17) is 0 Å². The fraction of sp³-hybridized carbons (Fsp3) is 1.00. The molecular formula is C26H56P+. The van der Waals surface area contributed by atoms with Crippen molar-refractivity contribution >= 4 is 7.26 Å². The van der Waals surface area contributed by atoms with Gasteiger partial charge >= 0.3 is 0 Å². The quantitative estimate of drug-likeness (QED) is 0.125. The Kier molecular flexibility index (Phi) is 21.5. The predicted octanol–water partition coefficient (Wildman–Crippen LogP) is 10.1. The molecule has 0 nitrogen and oxygen atoms in total. The molecule has 0 aliphatic carbocycles. The van der Waals surface area contributed by atoms with Gasteiger partial charge in [-0.25, -0.2) is 0 Å². The zero-order valence-corrected chi connectivity index (χ0v) is 20.9. The minimum absolute atomic E-state index is 0.674. The Labute approximate surface area is 175 Å². The van der Waals surface area contributed by atoms with E-state index in [1.54, 1.807) is 50.3 Å². The standard InChI is InChI=1S/C26H56P/c1-5-9-13-17-21-25-27(23-19-15-11-7-3,24-20-16-12-8-4)26-22-18-14-10-6-2/h5-26H2,1-4H3/q+1. The smallest absolute Gasteiger partial charge is 0.0594 e. The molecule has 0 rings (SSSR count). The van der Waals surface area contributed by atoms with Gasteiger partial charge in [-0.2, -0.15) is 0 Å². The second-order valence-corrected chi connectivity index (χ2v) is 13.7. The topological polar surface area (TPSA) is 0 Å². The van der Waals surface area contributed by atoms with Gasteiger partial charge in [-0.15, -0.1) is 0 Å². The molecule has 164 valence electrons. The van der Waals surface area contributed by atoms with E-state index in [1.807, 2.05) is 0 Å². The molecule has 1 heteroatoms. The Balaban J connectivity index is 4.64. The molecular weight excluding hydrogens is 343 g/mol. The first-order chi connectivity index (χ1) is 13.2. The van der Waals surface area contributed by atoms with Crippen molar-refractivity contribution in [1.29, 1.82) is 0 Å². The summed E-state index contributed by atoms with van der Waals surface area (Å²) in [6, 6.07) is 0. The summed E-state index contributed by atoms with van der Waals surface area (Å²) in [7, 11) is -0.674. The van der Waals surface area contributed by atoms with Gasteiger partial charge in [0.05, 0.1) is 24.6 Å². The van der Waals surface area contributed by atoms with Crippen LogP contribution in [0.15, 0.2) is 0 Å². The number of hydrogen-bond acceptors (Lipinski definition) is 0. The van der Waals surface area contributed by atoms with E-state index in [2.05, 4.69) is 27.7 Å². The number of unbranched alkanes of at least 4 members (excludes halogenated alkanes) is 14. The minimum Gasteiger partial charge on any atom is -0.0654 e. The largest absolute Gasteiger partial charge is 0.0654 e. The van der Waals surface area contributed by atoms with E-state index in [-0.39, 0.29) is 0 Å². The van der Waals surface area contributed by atoms with Gasteiger partial charge in [0.1, 0.15) is 0 Å². The molecule has 0 aliphatic rings. The maximum Gasteiger partial charge on any atom is 0.0594 e. The molecule has 0 saturated carbocycles. The third-order valence-corrected chi connectivity index (χ3v) is 11.5. The first kappa shape index (κ1) is 27.4. The lowest BCUT2D eigenvalue weighted by Gasteiger charge is -2.28. The molecule has 0 unspecified atom stereocenters. The summed E-state index contributed by atoms with van der Waals surface area (Å²) in [5.41, 5.74) is 0. The van der Waals surface area contributed by atoms with Crippen molar-refractivity contribution in [2.45, 2.75) is 143 Å². The van der Waals surface area contributed by atoms with Gasteiger partial charge in [0.15, 0.2) is 0 Å². The Bertz CT molecular complexity index is 245. The van der Waals surface area contributed by atoms with Crippen LogP contribution >= 0.6 is 7.26 Å². The third kappa shape index (κ3) is 17.0. The summed E-state index contributed by atoms with van der Waals surface area (Å²) < 4.78 is 0. The average molecular weight is 400 g/mol. The normalized spacial score (nSPS) is 12.0. The Hall–Kier alpha value is 0.430. The number of hydrogen-bond donors (Lipinski definition) is 0. The molecule has 0 bridgehead atoms. The van der Waals surface area contributed by atoms with Gasteiger partial charge in [0.25, 0.3) is 0 Å². The van der Waals surface area contributed by atoms with Crippen LogP contribution in [0.2, 0.25) is 0 Å². The lowest BCUT2D eigenvalue weighted by molar-refractivity contribution is 0.645. The predicted molar refractivity (Wildman–Crippen MR) is 132 cm³/mol. The first-order valence-electron chi connectivity index (χ1n) is 13.1. The number of rotatable bonds is 22. The highest BCUT2D eigenvalue weighted by atomic mass is 31.2. The fourth-order valence-electron chi connectivity index (χ4n) is 4.52. The van der Waals surface area contributed by atoms with Crippen LogP contribution in [0.3, 0.4) is 0 Å². The molecule has 27 heavy (non-hydrogen) atoms. The maximum atomic E-state index is 2.36. The SMILES string of the molecule is CCCCCCC[P+](CCCCCC)(CCCCCC)CCCCCCC. The van der Waals surface area contributed by atoms with Gasteiger partial charge in [-0.3, -0.25) is 0 Å². The van der Waals surface area contributed by atoms with Crippen molar-refractivity contribution < 1.29 is 0 Å². The second-order valence-electron chi connectivity index (χ2n) is 9.19. The molecule has 0 N–H and O–H groups in total. The first-order valence-corrected chi connectivity index (χ1v) is 15.6. The van der Waals surface area contributed by atoms with E-state index < -0.39 is 7.26 Å². The summed E-state index contributed by atoms with van der Waals surface area (Å²) in [4.78, 5) is 0. The fourth-order valence-corrected chi connectivity index (χ4v) is 9.44. The van der Waals surface area contributed by atoms with Gasteiger partial charge in [-0.05, 0) is 51.4 Å². The molecule has 0 heterocycles. The summed E-state index contributed by atoms with van der Waals surface area (Å²) in [5, 5.41) is 0. The van der Waals surface area contributed by atoms with Crippen LogP contribution < -0.4 is 0 Å². The Morgan fingerprint density at radius 2 is 0.519 bits per heavy atom. The molecule has 0 saturated heterocycles. The van der Waals surface area contributed by atoms with Crippen LogP contribution in [-0.4, -0.2) is 24.6 Å². The Morgan fingerprint density at radius 1 is 0.296 bits per heavy atom. The average Bonchev–Trinajstić information content (AvgIpc) is 2.68. The maximum absolute atomic E-state index is 2.36. The molecule has 0 spiro atoms. The third-order valence-electron chi connectivity index (χ3n) is 6.44. The molecule has 0 atom stereocenters. The summed E-state index contributed by atoms with van der Waals surface area (Å²) in [5.74, 6) is 0. The molecule has 0 radical (unpaired) electrons. The zero-order valence-electron chi connectivity index (χ0n) is 20.0. The highest BCUT2D eigenvalue weighted by molar-refractivity contribution is 7.75. The van der Waals surface area contributed by atoms with Gasteiger partial charge < -0.3 is 0 Å². The van der Waals surface area contributed by atoms with Crippen LogP contribution in [0.4, 0.5) is 0 Å². The van der Waals surface area contributed by atoms with Gasteiger partial charge in [-0.1, -0.05) is 91.9 Å². The van der Waals surface area contributed by atoms with Crippen LogP contribution in [0.25, 0.3) is 0 Å². The van der Waals surface area contributed by atoms with Crippen LogP contribution in [0, 0.1) is 0 Å². The summed E-state index contributed by atoms with van der Waals surface area (Å²) in [6.07, 6.45) is 33.1. The van der Waals surface area contributed by atoms with Crippen LogP contribution in [0.5, 0.6) is 0 Å². The molecule has 0 amide bonds. The van der Waals surface area contributed by atoms with Crippen molar-refractivity contribution in [3.63, 3.8) is 0 Å². The van der Waals surface area contributed by atoms with E-state index >= 15 is 0 Å². The van der Waals surface area contributed by atoms with Crippen molar-refractivity contribution in [3.05, 3.63) is 0 Å².